The zero-order valence-corrected chi connectivity index (χ0v) is 27.1. The maximum absolute atomic E-state index is 16.6. The molecule has 252 valence electrons. The number of ether oxygens (including phenoxy) is 3. The molecule has 3 heterocycles. The average molecular weight is 742 g/mol. The van der Waals surface area contributed by atoms with Crippen LogP contribution in [0.15, 0.2) is 35.3 Å². The van der Waals surface area contributed by atoms with E-state index < -0.39 is 57.4 Å². The second-order valence-electron chi connectivity index (χ2n) is 12.0. The number of piperazine rings is 1. The minimum absolute atomic E-state index is 0. The first-order valence-corrected chi connectivity index (χ1v) is 14.1. The summed E-state index contributed by atoms with van der Waals surface area (Å²) in [5, 5.41) is 7.81. The van der Waals surface area contributed by atoms with E-state index in [1.165, 1.54) is 7.11 Å². The van der Waals surface area contributed by atoms with Crippen LogP contribution in [0.5, 0.6) is 6.01 Å². The van der Waals surface area contributed by atoms with Crippen LogP contribution in [0.3, 0.4) is 0 Å². The number of carbonyl (C=O) groups is 1. The number of benzene rings is 1. The van der Waals surface area contributed by atoms with E-state index in [0.717, 1.165) is 13.0 Å². The molecule has 0 saturated carbocycles. The van der Waals surface area contributed by atoms with Gasteiger partial charge in [0.15, 0.2) is 5.82 Å². The number of halogens is 5. The summed E-state index contributed by atoms with van der Waals surface area (Å²) in [5.74, 6) is -2.48. The number of amides is 1. The van der Waals surface area contributed by atoms with Crippen molar-refractivity contribution >= 4 is 34.1 Å². The number of alkyl halides is 3. The summed E-state index contributed by atoms with van der Waals surface area (Å²) in [6.45, 7) is 6.84. The molecule has 1 aromatic carbocycles. The summed E-state index contributed by atoms with van der Waals surface area (Å²) in [6.07, 6.45) is -3.81. The summed E-state index contributed by atoms with van der Waals surface area (Å²) >= 11 is 0. The first kappa shape index (κ1) is 35.3. The number of rotatable bonds is 6. The van der Waals surface area contributed by atoms with E-state index in [1.54, 1.807) is 30.6 Å². The van der Waals surface area contributed by atoms with Crippen molar-refractivity contribution < 1.29 is 61.4 Å². The normalized spacial score (nSPS) is 20.9. The molecular weight excluding hydrogens is 710 g/mol. The Morgan fingerprint density at radius 3 is 2.41 bits per heavy atom. The third-order valence-corrected chi connectivity index (χ3v) is 7.81. The number of likely N-dealkylation sites (tertiary alicyclic amines) is 1. The van der Waals surface area contributed by atoms with Crippen molar-refractivity contribution in [2.75, 3.05) is 38.3 Å². The van der Waals surface area contributed by atoms with Gasteiger partial charge in [-0.25, -0.2) is 13.6 Å². The predicted molar refractivity (Wildman–Crippen MR) is 156 cm³/mol. The van der Waals surface area contributed by atoms with E-state index in [9.17, 15) is 22.4 Å². The zero-order valence-electron chi connectivity index (χ0n) is 25.6. The molecule has 5 rings (SSSR count). The second kappa shape index (κ2) is 12.9. The van der Waals surface area contributed by atoms with Crippen LogP contribution in [0.25, 0.3) is 22.2 Å². The van der Waals surface area contributed by atoms with Crippen molar-refractivity contribution in [3.8, 4) is 6.01 Å². The fourth-order valence-corrected chi connectivity index (χ4v) is 5.87. The molecule has 2 aromatic rings. The fraction of sp³-hybridized carbons (Fsp3) is 0.467. The largest absolute Gasteiger partial charge is 0.704 e. The van der Waals surface area contributed by atoms with Crippen LogP contribution < -0.4 is 9.64 Å². The van der Waals surface area contributed by atoms with Crippen molar-refractivity contribution in [1.29, 1.82) is 5.41 Å². The Morgan fingerprint density at radius 1 is 1.15 bits per heavy atom. The fourth-order valence-electron chi connectivity index (χ4n) is 5.87. The Labute approximate surface area is 275 Å². The predicted octanol–water partition coefficient (Wildman–Crippen LogP) is 6.60. The quantitative estimate of drug-likeness (QED) is 0.201. The SMILES string of the molecule is COCCOc1nc(N2CC3CC2CN3C(=O)OC(C)(C)C)c2cc(C(F)(F)F)c(C3=C(C)C(F)=CC(=N)/C3=C\[NH-])c(F)c2n1.[Pd]. The van der Waals surface area contributed by atoms with Gasteiger partial charge in [0.05, 0.1) is 30.0 Å². The van der Waals surface area contributed by atoms with E-state index in [2.05, 4.69) is 9.97 Å². The number of hydrogen-bond acceptors (Lipinski definition) is 8. The van der Waals surface area contributed by atoms with E-state index >= 15 is 4.39 Å². The van der Waals surface area contributed by atoms with Gasteiger partial charge in [0.25, 0.3) is 0 Å². The summed E-state index contributed by atoms with van der Waals surface area (Å²) in [5.41, 5.74) is 2.12. The third-order valence-electron chi connectivity index (χ3n) is 7.81. The number of anilines is 1. The Bertz CT molecular complexity index is 1670. The average Bonchev–Trinajstić information content (AvgIpc) is 3.55. The molecule has 2 unspecified atom stereocenters. The van der Waals surface area contributed by atoms with Crippen LogP contribution in [0.1, 0.15) is 45.2 Å². The van der Waals surface area contributed by atoms with Gasteiger partial charge in [-0.3, -0.25) is 0 Å². The smallest absolute Gasteiger partial charge is 0.417 e. The summed E-state index contributed by atoms with van der Waals surface area (Å²) in [7, 11) is 1.43. The number of carbonyl (C=O) groups excluding carboxylic acids is 1. The van der Waals surface area contributed by atoms with Gasteiger partial charge in [0.1, 0.15) is 29.4 Å². The number of fused-ring (bicyclic) bond motifs is 3. The van der Waals surface area contributed by atoms with Crippen LogP contribution in [0, 0.1) is 11.2 Å². The number of nitrogens with zero attached hydrogens (tertiary/aromatic N) is 4. The molecule has 0 radical (unpaired) electrons. The molecule has 2 fully saturated rings. The van der Waals surface area contributed by atoms with Crippen LogP contribution >= 0.6 is 0 Å². The summed E-state index contributed by atoms with van der Waals surface area (Å²) < 4.78 is 91.6. The van der Waals surface area contributed by atoms with Gasteiger partial charge in [0, 0.05) is 51.6 Å². The van der Waals surface area contributed by atoms with E-state index in [-0.39, 0.29) is 87.2 Å². The molecule has 0 spiro atoms. The van der Waals surface area contributed by atoms with Crippen molar-refractivity contribution in [3.63, 3.8) is 0 Å². The van der Waals surface area contributed by atoms with Gasteiger partial charge in [-0.1, -0.05) is 0 Å². The molecule has 10 nitrogen and oxygen atoms in total. The molecular formula is C30H32F5N6O4Pd-. The van der Waals surface area contributed by atoms with E-state index in [0.29, 0.717) is 18.7 Å². The Kier molecular flexibility index (Phi) is 9.87. The van der Waals surface area contributed by atoms with Crippen LogP contribution in [-0.4, -0.2) is 77.8 Å². The summed E-state index contributed by atoms with van der Waals surface area (Å²) in [6, 6.07) is -0.318. The minimum Gasteiger partial charge on any atom is -0.704 e. The van der Waals surface area contributed by atoms with Crippen molar-refractivity contribution in [1.82, 2.24) is 14.9 Å². The number of aromatic nitrogens is 2. The van der Waals surface area contributed by atoms with Gasteiger partial charge < -0.3 is 35.2 Å². The Hall–Kier alpha value is -3.61. The third kappa shape index (κ3) is 6.47. The first-order chi connectivity index (χ1) is 21.1. The molecule has 2 bridgehead atoms. The number of methoxy groups -OCH3 is 1. The van der Waals surface area contributed by atoms with E-state index in [4.69, 9.17) is 25.4 Å². The van der Waals surface area contributed by atoms with Gasteiger partial charge in [0.2, 0.25) is 0 Å². The monoisotopic (exact) mass is 741 g/mol. The van der Waals surface area contributed by atoms with Crippen LogP contribution in [0.4, 0.5) is 32.6 Å². The Morgan fingerprint density at radius 2 is 1.85 bits per heavy atom. The summed E-state index contributed by atoms with van der Waals surface area (Å²) in [4.78, 5) is 24.6. The zero-order chi connectivity index (χ0) is 33.0. The minimum atomic E-state index is -5.13. The molecule has 1 aromatic heterocycles. The van der Waals surface area contributed by atoms with Gasteiger partial charge in [-0.2, -0.15) is 29.3 Å². The van der Waals surface area contributed by atoms with Crippen LogP contribution in [0.2, 0.25) is 0 Å². The van der Waals surface area contributed by atoms with Gasteiger partial charge >= 0.3 is 18.3 Å². The van der Waals surface area contributed by atoms with Gasteiger partial charge in [-0.05, 0) is 63.0 Å². The molecule has 2 atom stereocenters. The van der Waals surface area contributed by atoms with Crippen molar-refractivity contribution in [3.05, 3.63) is 58.0 Å². The molecule has 2 aliphatic heterocycles. The molecule has 2 saturated heterocycles. The molecule has 46 heavy (non-hydrogen) atoms. The van der Waals surface area contributed by atoms with Crippen molar-refractivity contribution in [2.45, 2.75) is 58.0 Å². The maximum Gasteiger partial charge on any atom is 0.417 e. The maximum atomic E-state index is 16.6. The second-order valence-corrected chi connectivity index (χ2v) is 12.0. The molecule has 2 N–H and O–H groups in total. The Balaban J connectivity index is 0.00000480. The van der Waals surface area contributed by atoms with Crippen molar-refractivity contribution in [2.24, 2.45) is 0 Å². The van der Waals surface area contributed by atoms with E-state index in [1.807, 2.05) is 0 Å². The number of hydrogen-bond donors (Lipinski definition) is 1. The molecule has 1 amide bonds. The number of allylic oxidation sites excluding steroid dienone is 5. The standard InChI is InChI=1S/C30H32F5N6O4.Pd/c1-14-20(31)10-21(37)18(11-36)22(14)23-19(30(33,34)35)9-17-25(24(23)32)38-27(44-7-6-43-5)39-26(17)40-12-16-8-15(40)13-41(16)28(42)45-29(2,3)4;/h9-11,15-16H,6-8,12-13H2,1-5H3,(H2-,36,37);/q-1;. The topological polar surface area (TPSA) is 125 Å². The van der Waals surface area contributed by atoms with Crippen LogP contribution in [-0.2, 0) is 36.1 Å². The molecule has 16 heteroatoms. The van der Waals surface area contributed by atoms with Gasteiger partial charge in [-0.15, -0.1) is 0 Å². The number of nitrogens with one attached hydrogen (secondary N) is 2. The first-order valence-electron chi connectivity index (χ1n) is 14.1. The molecule has 1 aliphatic carbocycles. The molecule has 3 aliphatic rings.